The fourth-order valence-electron chi connectivity index (χ4n) is 5.25. The molecule has 1 aromatic rings. The van der Waals surface area contributed by atoms with Crippen LogP contribution >= 0.6 is 0 Å². The molecule has 1 atom stereocenters. The lowest BCUT2D eigenvalue weighted by Gasteiger charge is -2.21. The van der Waals surface area contributed by atoms with Crippen molar-refractivity contribution in [2.45, 2.75) is 188 Å². The zero-order valence-corrected chi connectivity index (χ0v) is 29.7. The minimum atomic E-state index is -0.581. The molecule has 1 aromatic heterocycles. The van der Waals surface area contributed by atoms with Crippen molar-refractivity contribution in [2.75, 3.05) is 13.2 Å². The maximum atomic E-state index is 6.55. The van der Waals surface area contributed by atoms with Crippen LogP contribution in [0.1, 0.15) is 194 Å². The van der Waals surface area contributed by atoms with Gasteiger partial charge in [0.25, 0.3) is 0 Å². The number of nitrogens with zero attached hydrogens (tertiary/aromatic N) is 1. The molecule has 1 rings (SSSR count). The Morgan fingerprint density at radius 3 is 1.51 bits per heavy atom. The molecule has 0 fully saturated rings. The molecule has 0 saturated carbocycles. The van der Waals surface area contributed by atoms with Crippen LogP contribution in [-0.4, -0.2) is 20.5 Å². The summed E-state index contributed by atoms with van der Waals surface area (Å²) in [5.74, 6) is 0. The van der Waals surface area contributed by atoms with E-state index in [2.05, 4.69) is 70.6 Å². The van der Waals surface area contributed by atoms with E-state index in [9.17, 15) is 0 Å². The molecule has 5 heteroatoms. The highest BCUT2D eigenvalue weighted by molar-refractivity contribution is 6.36. The van der Waals surface area contributed by atoms with Gasteiger partial charge in [-0.3, -0.25) is 0 Å². The topological polar surface area (TPSA) is 31.6 Å². The van der Waals surface area contributed by atoms with Crippen LogP contribution in [-0.2, 0) is 21.0 Å². The highest BCUT2D eigenvalue weighted by Gasteiger charge is 2.30. The second-order valence-corrected chi connectivity index (χ2v) is 12.4. The summed E-state index contributed by atoms with van der Waals surface area (Å²) in [5.41, 5.74) is 1.19. The normalized spacial score (nSPS) is 11.8. The van der Waals surface area contributed by atoms with Crippen LogP contribution < -0.4 is 4.57 Å². The lowest BCUT2D eigenvalue weighted by molar-refractivity contribution is -0.682. The van der Waals surface area contributed by atoms with Gasteiger partial charge in [-0.05, 0) is 19.3 Å². The largest absolute Gasteiger partial charge is 0.640 e. The number of aryl methyl sites for hydroxylation is 1. The van der Waals surface area contributed by atoms with Crippen LogP contribution in [0.15, 0.2) is 24.4 Å². The van der Waals surface area contributed by atoms with E-state index in [0.29, 0.717) is 13.2 Å². The maximum Gasteiger partial charge on any atom is 0.640 e. The molecule has 252 valence electrons. The quantitative estimate of drug-likeness (QED) is 0.0379. The first-order valence-electron chi connectivity index (χ1n) is 18.8. The molecule has 43 heavy (non-hydrogen) atoms. The minimum Gasteiger partial charge on any atom is -0.386 e. The third-order valence-corrected chi connectivity index (χ3v) is 8.13. The van der Waals surface area contributed by atoms with E-state index in [1.165, 1.54) is 134 Å². The standard InChI is InChI=1S/C30H57BNO3.C8H17/c1-5-8-11-14-17-22-27-33-31(34-28-23-18-15-12-9-6-2)35-30(25-19-16-13-10-7-3)29-24-20-21-26-32(29)4;1-3-5-7-8-6-4-2/h20-21,24,26,30H,5-19,22-23,25,27-28H2,1-4H3;1,3-8H2,2H3/q+1;-1. The predicted octanol–water partition coefficient (Wildman–Crippen LogP) is 11.8. The van der Waals surface area contributed by atoms with Gasteiger partial charge < -0.3 is 20.9 Å². The van der Waals surface area contributed by atoms with Gasteiger partial charge in [-0.2, -0.15) is 6.42 Å². The molecular weight excluding hydrogens is 529 g/mol. The molecule has 0 saturated heterocycles. The summed E-state index contributed by atoms with van der Waals surface area (Å²) >= 11 is 0. The molecule has 0 amide bonds. The van der Waals surface area contributed by atoms with Crippen molar-refractivity contribution in [2.24, 2.45) is 7.05 Å². The van der Waals surface area contributed by atoms with E-state index >= 15 is 0 Å². The van der Waals surface area contributed by atoms with Crippen molar-refractivity contribution in [3.05, 3.63) is 37.0 Å². The Balaban J connectivity index is 0.00000192. The second-order valence-electron chi connectivity index (χ2n) is 12.4. The maximum absolute atomic E-state index is 6.55. The molecule has 1 heterocycles. The average Bonchev–Trinajstić information content (AvgIpc) is 3.02. The van der Waals surface area contributed by atoms with Crippen LogP contribution in [0.4, 0.5) is 0 Å². The number of hydrogen-bond acceptors (Lipinski definition) is 3. The summed E-state index contributed by atoms with van der Waals surface area (Å²) in [5, 5.41) is 0. The highest BCUT2D eigenvalue weighted by Crippen LogP contribution is 2.24. The molecule has 0 radical (unpaired) electrons. The summed E-state index contributed by atoms with van der Waals surface area (Å²) in [6.45, 7) is 14.2. The molecule has 0 N–H and O–H groups in total. The van der Waals surface area contributed by atoms with Gasteiger partial charge in [0.15, 0.2) is 6.20 Å². The number of rotatable bonds is 30. The van der Waals surface area contributed by atoms with Crippen molar-refractivity contribution in [1.29, 1.82) is 0 Å². The van der Waals surface area contributed by atoms with Crippen molar-refractivity contribution in [3.63, 3.8) is 0 Å². The number of aromatic nitrogens is 1. The SMILES string of the molecule is CCCCCCCCOB(OCCCCCCCC)OC(CCCCCCC)c1cccc[n+]1C.[CH2-]CCCCCCC. The fraction of sp³-hybridized carbons (Fsp3) is 0.842. The molecule has 0 aliphatic rings. The van der Waals surface area contributed by atoms with Gasteiger partial charge in [-0.15, -0.1) is 0 Å². The summed E-state index contributed by atoms with van der Waals surface area (Å²) < 4.78 is 21.1. The third kappa shape index (κ3) is 27.2. The van der Waals surface area contributed by atoms with Crippen LogP contribution in [0.2, 0.25) is 0 Å². The molecule has 1 unspecified atom stereocenters. The monoisotopic (exact) mass is 604 g/mol. The van der Waals surface area contributed by atoms with Crippen molar-refractivity contribution < 1.29 is 18.5 Å². The molecule has 0 aromatic carbocycles. The first-order valence-corrected chi connectivity index (χ1v) is 18.8. The van der Waals surface area contributed by atoms with Crippen molar-refractivity contribution in [3.8, 4) is 0 Å². The Bertz CT molecular complexity index is 650. The van der Waals surface area contributed by atoms with E-state index in [-0.39, 0.29) is 6.10 Å². The van der Waals surface area contributed by atoms with E-state index in [4.69, 9.17) is 14.0 Å². The molecule has 4 nitrogen and oxygen atoms in total. The number of unbranched alkanes of at least 4 members (excludes halogenated alkanes) is 19. The van der Waals surface area contributed by atoms with Crippen molar-refractivity contribution >= 4 is 7.32 Å². The first-order chi connectivity index (χ1) is 21.1. The molecule has 0 spiro atoms. The lowest BCUT2D eigenvalue weighted by Crippen LogP contribution is -2.38. The van der Waals surface area contributed by atoms with Gasteiger partial charge in [0, 0.05) is 25.3 Å². The summed E-state index contributed by atoms with van der Waals surface area (Å²) in [7, 11) is 1.52. The zero-order chi connectivity index (χ0) is 31.6. The first kappa shape index (κ1) is 42.1. The molecule has 0 bridgehead atoms. The fourth-order valence-corrected chi connectivity index (χ4v) is 5.25. The van der Waals surface area contributed by atoms with E-state index in [0.717, 1.165) is 25.7 Å². The second kappa shape index (κ2) is 34.0. The lowest BCUT2D eigenvalue weighted by atomic mass is 10.0. The summed E-state index contributed by atoms with van der Waals surface area (Å²) in [4.78, 5) is 0. The van der Waals surface area contributed by atoms with Crippen molar-refractivity contribution in [1.82, 2.24) is 0 Å². The van der Waals surface area contributed by atoms with Gasteiger partial charge in [0.1, 0.15) is 13.2 Å². The molecule has 0 aliphatic carbocycles. The van der Waals surface area contributed by atoms with E-state index in [1.54, 1.807) is 0 Å². The van der Waals surface area contributed by atoms with E-state index < -0.39 is 7.32 Å². The Morgan fingerprint density at radius 2 is 1.05 bits per heavy atom. The van der Waals surface area contributed by atoms with Gasteiger partial charge in [-0.1, -0.05) is 162 Å². The highest BCUT2D eigenvalue weighted by atomic mass is 16.7. The smallest absolute Gasteiger partial charge is 0.386 e. The van der Waals surface area contributed by atoms with E-state index in [1.807, 2.05) is 0 Å². The zero-order valence-electron chi connectivity index (χ0n) is 29.7. The average molecular weight is 604 g/mol. The van der Waals surface area contributed by atoms with Gasteiger partial charge in [0.05, 0.1) is 0 Å². The van der Waals surface area contributed by atoms with Gasteiger partial charge in [-0.25, -0.2) is 4.57 Å². The Hall–Kier alpha value is -0.905. The van der Waals surface area contributed by atoms with Crippen LogP contribution in [0, 0.1) is 6.92 Å². The van der Waals surface area contributed by atoms with Gasteiger partial charge >= 0.3 is 7.32 Å². The minimum absolute atomic E-state index is 0.0121. The number of pyridine rings is 1. The Kier molecular flexibility index (Phi) is 33.3. The van der Waals surface area contributed by atoms with Crippen LogP contribution in [0.25, 0.3) is 0 Å². The Morgan fingerprint density at radius 1 is 0.605 bits per heavy atom. The molecular formula is C38H74BNO3. The van der Waals surface area contributed by atoms with Crippen LogP contribution in [0.5, 0.6) is 0 Å². The summed E-state index contributed by atoms with van der Waals surface area (Å²) in [6, 6.07) is 6.35. The van der Waals surface area contributed by atoms with Crippen LogP contribution in [0.3, 0.4) is 0 Å². The third-order valence-electron chi connectivity index (χ3n) is 8.13. The molecule has 0 aliphatic heterocycles. The summed E-state index contributed by atoms with van der Waals surface area (Å²) in [6.07, 6.45) is 32.5. The van der Waals surface area contributed by atoms with Gasteiger partial charge in [0.2, 0.25) is 5.69 Å². The predicted molar refractivity (Wildman–Crippen MR) is 188 cm³/mol. The Labute approximate surface area is 270 Å². The number of hydrogen-bond donors (Lipinski definition) is 0.